The first kappa shape index (κ1) is 22.1. The monoisotopic (exact) mass is 451 g/mol. The Kier molecular flexibility index (Phi) is 6.07. The van der Waals surface area contributed by atoms with Crippen LogP contribution in [0.5, 0.6) is 0 Å². The van der Waals surface area contributed by atoms with E-state index >= 15 is 0 Å². The molecule has 0 aromatic heterocycles. The molecule has 6 nitrogen and oxygen atoms in total. The standard InChI is InChI=1S/C25H26ClN3O3/c1-15-11-13-28(14-12-15)23-22(18-7-9-19(10-8-18)27-17(3)30)24(31)29(25(23)32)21-6-4-5-20(26)16(21)2/h4-10,15H,11-14H2,1-3H3,(H,27,30). The van der Waals surface area contributed by atoms with E-state index in [9.17, 15) is 14.4 Å². The normalized spacial score (nSPS) is 17.4. The molecular formula is C25H26ClN3O3. The summed E-state index contributed by atoms with van der Waals surface area (Å²) in [6.45, 7) is 6.91. The maximum absolute atomic E-state index is 13.7. The molecule has 1 N–H and O–H groups in total. The Morgan fingerprint density at radius 3 is 2.31 bits per heavy atom. The van der Waals surface area contributed by atoms with Crippen LogP contribution in [0.2, 0.25) is 5.02 Å². The predicted octanol–water partition coefficient (Wildman–Crippen LogP) is 4.62. The highest BCUT2D eigenvalue weighted by atomic mass is 35.5. The van der Waals surface area contributed by atoms with Gasteiger partial charge in [-0.1, -0.05) is 36.7 Å². The van der Waals surface area contributed by atoms with E-state index in [0.29, 0.717) is 44.7 Å². The van der Waals surface area contributed by atoms with E-state index < -0.39 is 0 Å². The summed E-state index contributed by atoms with van der Waals surface area (Å²) < 4.78 is 0. The van der Waals surface area contributed by atoms with Gasteiger partial charge in [0.15, 0.2) is 0 Å². The number of nitrogens with zero attached hydrogens (tertiary/aromatic N) is 2. The lowest BCUT2D eigenvalue weighted by molar-refractivity contribution is -0.121. The number of benzene rings is 2. The number of imide groups is 1. The zero-order valence-corrected chi connectivity index (χ0v) is 19.2. The molecular weight excluding hydrogens is 426 g/mol. The number of amides is 3. The fourth-order valence-corrected chi connectivity index (χ4v) is 4.45. The summed E-state index contributed by atoms with van der Waals surface area (Å²) >= 11 is 6.29. The van der Waals surface area contributed by atoms with Crippen molar-refractivity contribution in [2.75, 3.05) is 23.3 Å². The predicted molar refractivity (Wildman–Crippen MR) is 126 cm³/mol. The molecule has 0 unspecified atom stereocenters. The van der Waals surface area contributed by atoms with Crippen molar-refractivity contribution in [3.05, 3.63) is 64.3 Å². The van der Waals surface area contributed by atoms with Crippen LogP contribution in [-0.2, 0) is 14.4 Å². The Bertz CT molecular complexity index is 1120. The van der Waals surface area contributed by atoms with Crippen LogP contribution >= 0.6 is 11.6 Å². The zero-order valence-electron chi connectivity index (χ0n) is 18.4. The van der Waals surface area contributed by atoms with Crippen LogP contribution in [0.1, 0.15) is 37.8 Å². The first-order valence-electron chi connectivity index (χ1n) is 10.8. The molecule has 2 aromatic carbocycles. The molecule has 4 rings (SSSR count). The number of halogens is 1. The van der Waals surface area contributed by atoms with E-state index in [-0.39, 0.29) is 17.7 Å². The molecule has 1 saturated heterocycles. The third kappa shape index (κ3) is 4.02. The fraction of sp³-hybridized carbons (Fsp3) is 0.320. The van der Waals surface area contributed by atoms with Gasteiger partial charge in [-0.3, -0.25) is 14.4 Å². The van der Waals surface area contributed by atoms with Crippen molar-refractivity contribution in [3.8, 4) is 0 Å². The minimum Gasteiger partial charge on any atom is -0.366 e. The molecule has 2 aliphatic heterocycles. The highest BCUT2D eigenvalue weighted by Crippen LogP contribution is 2.38. The van der Waals surface area contributed by atoms with Crippen molar-refractivity contribution in [2.24, 2.45) is 5.92 Å². The van der Waals surface area contributed by atoms with Crippen molar-refractivity contribution in [1.29, 1.82) is 0 Å². The molecule has 0 spiro atoms. The minimum atomic E-state index is -0.360. The van der Waals surface area contributed by atoms with Gasteiger partial charge in [-0.2, -0.15) is 0 Å². The second-order valence-corrected chi connectivity index (χ2v) is 8.89. The van der Waals surface area contributed by atoms with Gasteiger partial charge in [0.1, 0.15) is 5.70 Å². The number of nitrogens with one attached hydrogen (secondary N) is 1. The van der Waals surface area contributed by atoms with Crippen molar-refractivity contribution < 1.29 is 14.4 Å². The lowest BCUT2D eigenvalue weighted by atomic mass is 9.97. The molecule has 0 radical (unpaired) electrons. The summed E-state index contributed by atoms with van der Waals surface area (Å²) in [5, 5.41) is 3.23. The van der Waals surface area contributed by atoms with Gasteiger partial charge in [0.05, 0.1) is 11.3 Å². The largest absolute Gasteiger partial charge is 0.366 e. The Hall–Kier alpha value is -3.12. The molecule has 2 heterocycles. The molecule has 0 bridgehead atoms. The van der Waals surface area contributed by atoms with Crippen LogP contribution in [0.4, 0.5) is 11.4 Å². The van der Waals surface area contributed by atoms with Crippen molar-refractivity contribution >= 4 is 46.3 Å². The molecule has 0 aliphatic carbocycles. The summed E-state index contributed by atoms with van der Waals surface area (Å²) in [5.41, 5.74) is 3.29. The van der Waals surface area contributed by atoms with Crippen LogP contribution in [-0.4, -0.2) is 35.7 Å². The molecule has 7 heteroatoms. The summed E-state index contributed by atoms with van der Waals surface area (Å²) in [7, 11) is 0. The maximum Gasteiger partial charge on any atom is 0.282 e. The van der Waals surface area contributed by atoms with E-state index in [0.717, 1.165) is 25.9 Å². The summed E-state index contributed by atoms with van der Waals surface area (Å²) in [5.74, 6) is -0.266. The van der Waals surface area contributed by atoms with Gasteiger partial charge in [0.25, 0.3) is 11.8 Å². The Morgan fingerprint density at radius 1 is 1.03 bits per heavy atom. The number of piperidine rings is 1. The van der Waals surface area contributed by atoms with Crippen LogP contribution < -0.4 is 10.2 Å². The van der Waals surface area contributed by atoms with Gasteiger partial charge in [-0.05, 0) is 61.1 Å². The molecule has 0 saturated carbocycles. The Morgan fingerprint density at radius 2 is 1.69 bits per heavy atom. The molecule has 32 heavy (non-hydrogen) atoms. The second-order valence-electron chi connectivity index (χ2n) is 8.48. The molecule has 166 valence electrons. The Balaban J connectivity index is 1.79. The molecule has 2 aliphatic rings. The number of anilines is 2. The van der Waals surface area contributed by atoms with Crippen molar-refractivity contribution in [1.82, 2.24) is 4.90 Å². The Labute approximate surface area is 192 Å². The van der Waals surface area contributed by atoms with Crippen LogP contribution in [0.3, 0.4) is 0 Å². The van der Waals surface area contributed by atoms with Crippen LogP contribution in [0, 0.1) is 12.8 Å². The van der Waals surface area contributed by atoms with Gasteiger partial charge in [0, 0.05) is 30.7 Å². The average Bonchev–Trinajstić information content (AvgIpc) is 3.01. The highest BCUT2D eigenvalue weighted by Gasteiger charge is 2.43. The summed E-state index contributed by atoms with van der Waals surface area (Å²) in [6, 6.07) is 12.3. The third-order valence-corrected chi connectivity index (χ3v) is 6.54. The number of hydrogen-bond acceptors (Lipinski definition) is 4. The number of likely N-dealkylation sites (tertiary alicyclic amines) is 1. The van der Waals surface area contributed by atoms with Gasteiger partial charge in [-0.25, -0.2) is 4.90 Å². The lowest BCUT2D eigenvalue weighted by Crippen LogP contribution is -2.38. The van der Waals surface area contributed by atoms with Crippen LogP contribution in [0.15, 0.2) is 48.2 Å². The molecule has 2 aromatic rings. The minimum absolute atomic E-state index is 0.171. The summed E-state index contributed by atoms with van der Waals surface area (Å²) in [6.07, 6.45) is 1.94. The topological polar surface area (TPSA) is 69.7 Å². The quantitative estimate of drug-likeness (QED) is 0.688. The van der Waals surface area contributed by atoms with E-state index in [1.807, 2.05) is 4.90 Å². The molecule has 3 amide bonds. The van der Waals surface area contributed by atoms with Crippen molar-refractivity contribution in [2.45, 2.75) is 33.6 Å². The van der Waals surface area contributed by atoms with Gasteiger partial charge in [0.2, 0.25) is 5.91 Å². The summed E-state index contributed by atoms with van der Waals surface area (Å²) in [4.78, 5) is 42.0. The number of rotatable bonds is 4. The van der Waals surface area contributed by atoms with Gasteiger partial charge >= 0.3 is 0 Å². The second kappa shape index (κ2) is 8.79. The SMILES string of the molecule is CC(=O)Nc1ccc(C2=C(N3CCC(C)CC3)C(=O)N(c3cccc(Cl)c3C)C2=O)cc1. The van der Waals surface area contributed by atoms with Gasteiger partial charge < -0.3 is 10.2 Å². The number of carbonyl (C=O) groups is 3. The third-order valence-electron chi connectivity index (χ3n) is 6.13. The molecule has 0 atom stereocenters. The van der Waals surface area contributed by atoms with Gasteiger partial charge in [-0.15, -0.1) is 0 Å². The number of carbonyl (C=O) groups excluding carboxylic acids is 3. The highest BCUT2D eigenvalue weighted by molar-refractivity contribution is 6.46. The van der Waals surface area contributed by atoms with Crippen molar-refractivity contribution in [3.63, 3.8) is 0 Å². The first-order chi connectivity index (χ1) is 15.3. The first-order valence-corrected chi connectivity index (χ1v) is 11.2. The fourth-order valence-electron chi connectivity index (χ4n) is 4.28. The van der Waals surface area contributed by atoms with E-state index in [1.165, 1.54) is 11.8 Å². The smallest absolute Gasteiger partial charge is 0.282 e. The van der Waals surface area contributed by atoms with E-state index in [1.54, 1.807) is 49.4 Å². The average molecular weight is 452 g/mol. The van der Waals surface area contributed by atoms with Crippen LogP contribution in [0.25, 0.3) is 5.57 Å². The molecule has 1 fully saturated rings. The van der Waals surface area contributed by atoms with E-state index in [4.69, 9.17) is 11.6 Å². The lowest BCUT2D eigenvalue weighted by Gasteiger charge is -2.32. The maximum atomic E-state index is 13.7. The zero-order chi connectivity index (χ0) is 23.0. The number of hydrogen-bond donors (Lipinski definition) is 1. The van der Waals surface area contributed by atoms with E-state index in [2.05, 4.69) is 12.2 Å².